The van der Waals surface area contributed by atoms with Crippen LogP contribution in [0.25, 0.3) is 32.3 Å². The van der Waals surface area contributed by atoms with Gasteiger partial charge in [-0.3, -0.25) is 0 Å². The summed E-state index contributed by atoms with van der Waals surface area (Å²) in [6.45, 7) is 4.28. The van der Waals surface area contributed by atoms with Crippen molar-refractivity contribution in [3.05, 3.63) is 181 Å². The van der Waals surface area contributed by atoms with Crippen molar-refractivity contribution in [2.24, 2.45) is 0 Å². The fourth-order valence-electron chi connectivity index (χ4n) is 6.53. The molecule has 0 aliphatic heterocycles. The van der Waals surface area contributed by atoms with Crippen LogP contribution in [0, 0.1) is 13.8 Å². The van der Waals surface area contributed by atoms with E-state index in [1.54, 1.807) is 0 Å². The van der Waals surface area contributed by atoms with E-state index in [2.05, 4.69) is 194 Å². The highest BCUT2D eigenvalue weighted by Crippen LogP contribution is 2.46. The number of anilines is 6. The summed E-state index contributed by atoms with van der Waals surface area (Å²) in [5, 5.41) is 7.29. The molecule has 0 aliphatic rings. The van der Waals surface area contributed by atoms with Crippen molar-refractivity contribution in [1.82, 2.24) is 0 Å². The van der Waals surface area contributed by atoms with Gasteiger partial charge in [0.2, 0.25) is 0 Å². The zero-order valence-corrected chi connectivity index (χ0v) is 26.1. The van der Waals surface area contributed by atoms with Crippen LogP contribution in [0.1, 0.15) is 11.1 Å². The standard InChI is InChI=1S/C44H34N2/c1-31-15-21-37(22-16-31)45(39-25-19-33-9-3-5-11-35(33)29-39)43-27-28-44(42-14-8-7-13-41(42)43)46(38-23-17-32(2)18-24-38)40-26-20-34-10-4-6-12-36(34)30-40/h3-30H,1-2H3. The van der Waals surface area contributed by atoms with Crippen molar-refractivity contribution in [2.45, 2.75) is 13.8 Å². The second kappa shape index (κ2) is 11.6. The Labute approximate surface area is 270 Å². The first-order chi connectivity index (χ1) is 22.6. The predicted octanol–water partition coefficient (Wildman–Crippen LogP) is 12.7. The van der Waals surface area contributed by atoms with Crippen LogP contribution < -0.4 is 9.80 Å². The SMILES string of the molecule is Cc1ccc(N(c2ccc3ccccc3c2)c2ccc(N(c3ccc(C)cc3)c3ccc4ccccc4c3)c3ccccc23)cc1. The van der Waals surface area contributed by atoms with Crippen molar-refractivity contribution in [2.75, 3.05) is 9.80 Å². The molecule has 0 saturated carbocycles. The molecular formula is C44H34N2. The lowest BCUT2D eigenvalue weighted by Gasteiger charge is -2.31. The molecule has 0 unspecified atom stereocenters. The zero-order chi connectivity index (χ0) is 31.0. The Morgan fingerprint density at radius 3 is 1.07 bits per heavy atom. The van der Waals surface area contributed by atoms with Gasteiger partial charge in [0.1, 0.15) is 0 Å². The molecule has 8 aromatic rings. The van der Waals surface area contributed by atoms with Crippen molar-refractivity contribution >= 4 is 66.4 Å². The van der Waals surface area contributed by atoms with Crippen LogP contribution in [0.5, 0.6) is 0 Å². The lowest BCUT2D eigenvalue weighted by Crippen LogP contribution is -2.13. The molecule has 0 bridgehead atoms. The summed E-state index contributed by atoms with van der Waals surface area (Å²) < 4.78 is 0. The van der Waals surface area contributed by atoms with Crippen LogP contribution >= 0.6 is 0 Å². The number of nitrogens with zero attached hydrogens (tertiary/aromatic N) is 2. The third kappa shape index (κ3) is 5.04. The predicted molar refractivity (Wildman–Crippen MR) is 198 cm³/mol. The summed E-state index contributed by atoms with van der Waals surface area (Å²) in [6, 6.07) is 61.7. The van der Waals surface area contributed by atoms with Gasteiger partial charge in [-0.2, -0.15) is 0 Å². The molecule has 0 radical (unpaired) electrons. The van der Waals surface area contributed by atoms with Crippen LogP contribution in [0.15, 0.2) is 170 Å². The van der Waals surface area contributed by atoms with Crippen molar-refractivity contribution < 1.29 is 0 Å². The molecule has 220 valence electrons. The summed E-state index contributed by atoms with van der Waals surface area (Å²) in [5.41, 5.74) is 9.28. The first kappa shape index (κ1) is 27.7. The van der Waals surface area contributed by atoms with E-state index in [-0.39, 0.29) is 0 Å². The first-order valence-corrected chi connectivity index (χ1v) is 15.9. The molecule has 0 fully saturated rings. The Balaban J connectivity index is 1.36. The minimum absolute atomic E-state index is 1.13. The van der Waals surface area contributed by atoms with Gasteiger partial charge in [-0.25, -0.2) is 0 Å². The maximum atomic E-state index is 2.39. The number of fused-ring (bicyclic) bond motifs is 3. The van der Waals surface area contributed by atoms with Gasteiger partial charge in [0.25, 0.3) is 0 Å². The van der Waals surface area contributed by atoms with Gasteiger partial charge < -0.3 is 9.80 Å². The first-order valence-electron chi connectivity index (χ1n) is 15.9. The highest BCUT2D eigenvalue weighted by atomic mass is 15.2. The maximum Gasteiger partial charge on any atom is 0.0541 e. The number of hydrogen-bond donors (Lipinski definition) is 0. The topological polar surface area (TPSA) is 6.48 Å². The largest absolute Gasteiger partial charge is 0.310 e. The summed E-state index contributed by atoms with van der Waals surface area (Å²) >= 11 is 0. The van der Waals surface area contributed by atoms with E-state index >= 15 is 0 Å². The monoisotopic (exact) mass is 590 g/mol. The molecular weight excluding hydrogens is 556 g/mol. The zero-order valence-electron chi connectivity index (χ0n) is 26.1. The molecule has 8 rings (SSSR count). The van der Waals surface area contributed by atoms with Crippen LogP contribution in [0.4, 0.5) is 34.1 Å². The number of aryl methyl sites for hydroxylation is 2. The van der Waals surface area contributed by atoms with E-state index in [1.807, 2.05) is 0 Å². The fraction of sp³-hybridized carbons (Fsp3) is 0.0455. The smallest absolute Gasteiger partial charge is 0.0541 e. The minimum atomic E-state index is 1.13. The van der Waals surface area contributed by atoms with E-state index in [9.17, 15) is 0 Å². The second-order valence-electron chi connectivity index (χ2n) is 12.1. The molecule has 0 saturated heterocycles. The molecule has 8 aromatic carbocycles. The van der Waals surface area contributed by atoms with E-state index in [0.717, 1.165) is 34.1 Å². The van der Waals surface area contributed by atoms with Crippen molar-refractivity contribution in [3.63, 3.8) is 0 Å². The Morgan fingerprint density at radius 1 is 0.304 bits per heavy atom. The summed E-state index contributed by atoms with van der Waals surface area (Å²) in [6.07, 6.45) is 0. The van der Waals surface area contributed by atoms with Gasteiger partial charge in [0, 0.05) is 33.5 Å². The van der Waals surface area contributed by atoms with Gasteiger partial charge in [-0.1, -0.05) is 120 Å². The molecule has 2 heteroatoms. The Bertz CT molecular complexity index is 2170. The molecule has 0 aromatic heterocycles. The quantitative estimate of drug-likeness (QED) is 0.190. The van der Waals surface area contributed by atoms with Crippen LogP contribution in [0.2, 0.25) is 0 Å². The number of rotatable bonds is 6. The molecule has 2 nitrogen and oxygen atoms in total. The van der Waals surface area contributed by atoms with Crippen LogP contribution in [-0.4, -0.2) is 0 Å². The molecule has 0 atom stereocenters. The van der Waals surface area contributed by atoms with E-state index in [0.29, 0.717) is 0 Å². The van der Waals surface area contributed by atoms with Crippen molar-refractivity contribution in [3.8, 4) is 0 Å². The van der Waals surface area contributed by atoms with Gasteiger partial charge in [-0.15, -0.1) is 0 Å². The molecule has 0 amide bonds. The van der Waals surface area contributed by atoms with Gasteiger partial charge >= 0.3 is 0 Å². The van der Waals surface area contributed by atoms with E-state index in [4.69, 9.17) is 0 Å². The van der Waals surface area contributed by atoms with Gasteiger partial charge in [-0.05, 0) is 96.1 Å². The lowest BCUT2D eigenvalue weighted by molar-refractivity contribution is 1.27. The average molecular weight is 591 g/mol. The second-order valence-corrected chi connectivity index (χ2v) is 12.1. The molecule has 0 aliphatic carbocycles. The number of benzene rings is 8. The van der Waals surface area contributed by atoms with Crippen molar-refractivity contribution in [1.29, 1.82) is 0 Å². The maximum absolute atomic E-state index is 2.39. The van der Waals surface area contributed by atoms with E-state index < -0.39 is 0 Å². The van der Waals surface area contributed by atoms with Gasteiger partial charge in [0.15, 0.2) is 0 Å². The van der Waals surface area contributed by atoms with E-state index in [1.165, 1.54) is 43.4 Å². The average Bonchev–Trinajstić information content (AvgIpc) is 3.10. The molecule has 46 heavy (non-hydrogen) atoms. The molecule has 0 N–H and O–H groups in total. The summed E-state index contributed by atoms with van der Waals surface area (Å²) in [4.78, 5) is 4.79. The number of hydrogen-bond acceptors (Lipinski definition) is 2. The lowest BCUT2D eigenvalue weighted by atomic mass is 10.0. The van der Waals surface area contributed by atoms with Gasteiger partial charge in [0.05, 0.1) is 11.4 Å². The fourth-order valence-corrected chi connectivity index (χ4v) is 6.53. The summed E-state index contributed by atoms with van der Waals surface area (Å²) in [5.74, 6) is 0. The Kier molecular flexibility index (Phi) is 6.96. The molecule has 0 spiro atoms. The third-order valence-corrected chi connectivity index (χ3v) is 8.93. The van der Waals surface area contributed by atoms with Crippen LogP contribution in [0.3, 0.4) is 0 Å². The highest BCUT2D eigenvalue weighted by molar-refractivity contribution is 6.08. The highest BCUT2D eigenvalue weighted by Gasteiger charge is 2.21. The molecule has 0 heterocycles. The minimum Gasteiger partial charge on any atom is -0.310 e. The Morgan fingerprint density at radius 2 is 0.652 bits per heavy atom. The normalized spacial score (nSPS) is 11.3. The third-order valence-electron chi connectivity index (χ3n) is 8.93. The van der Waals surface area contributed by atoms with Crippen LogP contribution in [-0.2, 0) is 0 Å². The summed E-state index contributed by atoms with van der Waals surface area (Å²) in [7, 11) is 0. The Hall–Kier alpha value is -5.86.